The van der Waals surface area contributed by atoms with Crippen LogP contribution in [0.5, 0.6) is 0 Å². The normalized spacial score (nSPS) is 16.5. The molecule has 0 bridgehead atoms. The third kappa shape index (κ3) is 3.65. The maximum atomic E-state index is 12.6. The smallest absolute Gasteiger partial charge is 0.339 e. The van der Waals surface area contributed by atoms with Gasteiger partial charge in [0.15, 0.2) is 6.10 Å². The Morgan fingerprint density at radius 1 is 1.20 bits per heavy atom. The van der Waals surface area contributed by atoms with Gasteiger partial charge in [0.1, 0.15) is 0 Å². The zero-order chi connectivity index (χ0) is 18.0. The monoisotopic (exact) mass is 345 g/mol. The number of carbonyl (C=O) groups is 2. The number of rotatable bonds is 3. The van der Waals surface area contributed by atoms with E-state index in [-0.39, 0.29) is 5.91 Å². The fourth-order valence-electron chi connectivity index (χ4n) is 3.20. The second-order valence-corrected chi connectivity index (χ2v) is 6.55. The molecule has 3 rings (SSSR count). The number of aryl methyl sites for hydroxylation is 2. The molecular weight excluding hydrogens is 322 g/mol. The molecule has 0 aliphatic carbocycles. The molecule has 0 radical (unpaired) electrons. The fourth-order valence-corrected chi connectivity index (χ4v) is 3.20. The highest BCUT2D eigenvalue weighted by atomic mass is 16.5. The molecule has 7 heteroatoms. The SMILES string of the molecule is Cc1cc(C(=O)OC(C)C(=O)N2CCCCCC2)c2c(C)noc2n1. The van der Waals surface area contributed by atoms with Crippen LogP contribution in [0.4, 0.5) is 0 Å². The number of aromatic nitrogens is 2. The minimum Gasteiger partial charge on any atom is -0.449 e. The average molecular weight is 345 g/mol. The van der Waals surface area contributed by atoms with Crippen LogP contribution in [0.25, 0.3) is 11.1 Å². The lowest BCUT2D eigenvalue weighted by Gasteiger charge is -2.24. The molecule has 1 aliphatic rings. The number of esters is 1. The van der Waals surface area contributed by atoms with Gasteiger partial charge >= 0.3 is 5.97 Å². The van der Waals surface area contributed by atoms with E-state index in [1.807, 2.05) is 0 Å². The summed E-state index contributed by atoms with van der Waals surface area (Å²) < 4.78 is 10.6. The van der Waals surface area contributed by atoms with E-state index in [9.17, 15) is 9.59 Å². The quantitative estimate of drug-likeness (QED) is 0.795. The zero-order valence-electron chi connectivity index (χ0n) is 14.9. The first kappa shape index (κ1) is 17.4. The zero-order valence-corrected chi connectivity index (χ0v) is 14.9. The summed E-state index contributed by atoms with van der Waals surface area (Å²) in [6.45, 7) is 6.58. The lowest BCUT2D eigenvalue weighted by Crippen LogP contribution is -2.40. The molecule has 3 heterocycles. The number of pyridine rings is 1. The van der Waals surface area contributed by atoms with E-state index in [0.717, 1.165) is 38.8 Å². The van der Waals surface area contributed by atoms with Crippen molar-refractivity contribution in [2.45, 2.75) is 52.6 Å². The number of hydrogen-bond donors (Lipinski definition) is 0. The maximum absolute atomic E-state index is 12.6. The van der Waals surface area contributed by atoms with Crippen molar-refractivity contribution in [1.29, 1.82) is 0 Å². The fraction of sp³-hybridized carbons (Fsp3) is 0.556. The number of likely N-dealkylation sites (tertiary alicyclic amines) is 1. The summed E-state index contributed by atoms with van der Waals surface area (Å²) in [6, 6.07) is 1.64. The van der Waals surface area contributed by atoms with Crippen LogP contribution in [0, 0.1) is 13.8 Å². The predicted molar refractivity (Wildman–Crippen MR) is 91.2 cm³/mol. The molecule has 1 aliphatic heterocycles. The topological polar surface area (TPSA) is 85.5 Å². The molecule has 0 aromatic carbocycles. The van der Waals surface area contributed by atoms with Crippen LogP contribution in [-0.4, -0.2) is 46.1 Å². The standard InChI is InChI=1S/C18H23N3O4/c1-11-10-14(15-12(2)20-25-16(15)19-11)18(23)24-13(3)17(22)21-8-6-4-5-7-9-21/h10,13H,4-9H2,1-3H3. The molecule has 25 heavy (non-hydrogen) atoms. The van der Waals surface area contributed by atoms with Crippen LogP contribution in [0.1, 0.15) is 54.4 Å². The molecule has 1 unspecified atom stereocenters. The lowest BCUT2D eigenvalue weighted by atomic mass is 10.1. The highest BCUT2D eigenvalue weighted by Gasteiger charge is 2.27. The van der Waals surface area contributed by atoms with Crippen LogP contribution in [-0.2, 0) is 9.53 Å². The number of nitrogens with zero attached hydrogens (tertiary/aromatic N) is 3. The van der Waals surface area contributed by atoms with Crippen LogP contribution in [0.3, 0.4) is 0 Å². The Bertz CT molecular complexity index is 791. The third-order valence-electron chi connectivity index (χ3n) is 4.51. The van der Waals surface area contributed by atoms with Gasteiger partial charge in [-0.2, -0.15) is 0 Å². The number of hydrogen-bond acceptors (Lipinski definition) is 6. The van der Waals surface area contributed by atoms with E-state index in [4.69, 9.17) is 9.26 Å². The first-order chi connectivity index (χ1) is 12.0. The molecule has 0 N–H and O–H groups in total. The van der Waals surface area contributed by atoms with Gasteiger partial charge in [-0.15, -0.1) is 0 Å². The van der Waals surface area contributed by atoms with Gasteiger partial charge in [0.2, 0.25) is 0 Å². The van der Waals surface area contributed by atoms with Crippen LogP contribution in [0.2, 0.25) is 0 Å². The van der Waals surface area contributed by atoms with Crippen LogP contribution >= 0.6 is 0 Å². The molecular formula is C18H23N3O4. The van der Waals surface area contributed by atoms with Crippen molar-refractivity contribution in [3.63, 3.8) is 0 Å². The van der Waals surface area contributed by atoms with Crippen molar-refractivity contribution in [3.8, 4) is 0 Å². The summed E-state index contributed by atoms with van der Waals surface area (Å²) >= 11 is 0. The molecule has 134 valence electrons. The van der Waals surface area contributed by atoms with Gasteiger partial charge in [0, 0.05) is 18.8 Å². The third-order valence-corrected chi connectivity index (χ3v) is 4.51. The van der Waals surface area contributed by atoms with E-state index in [1.54, 1.807) is 31.7 Å². The van der Waals surface area contributed by atoms with E-state index in [0.29, 0.717) is 28.1 Å². The Labute approximate surface area is 146 Å². The molecule has 1 saturated heterocycles. The first-order valence-corrected chi connectivity index (χ1v) is 8.71. The van der Waals surface area contributed by atoms with Crippen molar-refractivity contribution in [2.24, 2.45) is 0 Å². The largest absolute Gasteiger partial charge is 0.449 e. The Kier molecular flexibility index (Phi) is 5.01. The van der Waals surface area contributed by atoms with Gasteiger partial charge in [0.25, 0.3) is 11.6 Å². The number of amides is 1. The van der Waals surface area contributed by atoms with Gasteiger partial charge in [0.05, 0.1) is 16.6 Å². The Hall–Kier alpha value is -2.44. The van der Waals surface area contributed by atoms with E-state index in [1.165, 1.54) is 0 Å². The van der Waals surface area contributed by atoms with Crippen molar-refractivity contribution in [1.82, 2.24) is 15.0 Å². The summed E-state index contributed by atoms with van der Waals surface area (Å²) in [5, 5.41) is 4.39. The van der Waals surface area contributed by atoms with E-state index < -0.39 is 12.1 Å². The molecule has 2 aromatic heterocycles. The average Bonchev–Trinajstić information content (AvgIpc) is 2.79. The Morgan fingerprint density at radius 3 is 2.56 bits per heavy atom. The van der Waals surface area contributed by atoms with Gasteiger partial charge in [-0.1, -0.05) is 18.0 Å². The lowest BCUT2D eigenvalue weighted by molar-refractivity contribution is -0.139. The molecule has 2 aromatic rings. The van der Waals surface area contributed by atoms with Crippen molar-refractivity contribution in [2.75, 3.05) is 13.1 Å². The van der Waals surface area contributed by atoms with Gasteiger partial charge in [-0.3, -0.25) is 4.79 Å². The molecule has 1 amide bonds. The first-order valence-electron chi connectivity index (χ1n) is 8.71. The molecule has 0 saturated carbocycles. The van der Waals surface area contributed by atoms with Crippen molar-refractivity contribution < 1.29 is 18.8 Å². The molecule has 0 spiro atoms. The number of ether oxygens (including phenoxy) is 1. The number of fused-ring (bicyclic) bond motifs is 1. The second kappa shape index (κ2) is 7.21. The maximum Gasteiger partial charge on any atom is 0.339 e. The van der Waals surface area contributed by atoms with Crippen LogP contribution in [0.15, 0.2) is 10.6 Å². The van der Waals surface area contributed by atoms with Crippen molar-refractivity contribution >= 4 is 23.0 Å². The van der Waals surface area contributed by atoms with Gasteiger partial charge in [-0.05, 0) is 39.7 Å². The highest BCUT2D eigenvalue weighted by molar-refractivity contribution is 6.04. The van der Waals surface area contributed by atoms with Crippen molar-refractivity contribution in [3.05, 3.63) is 23.0 Å². The predicted octanol–water partition coefficient (Wildman–Crippen LogP) is 2.79. The Morgan fingerprint density at radius 2 is 1.88 bits per heavy atom. The van der Waals surface area contributed by atoms with Crippen LogP contribution < -0.4 is 0 Å². The van der Waals surface area contributed by atoms with E-state index >= 15 is 0 Å². The Balaban J connectivity index is 1.77. The summed E-state index contributed by atoms with van der Waals surface area (Å²) in [5.41, 5.74) is 1.83. The summed E-state index contributed by atoms with van der Waals surface area (Å²) in [5.74, 6) is -0.697. The second-order valence-electron chi connectivity index (χ2n) is 6.55. The minimum atomic E-state index is -0.825. The summed E-state index contributed by atoms with van der Waals surface area (Å²) in [4.78, 5) is 31.2. The molecule has 7 nitrogen and oxygen atoms in total. The minimum absolute atomic E-state index is 0.140. The van der Waals surface area contributed by atoms with E-state index in [2.05, 4.69) is 10.1 Å². The number of carbonyl (C=O) groups excluding carboxylic acids is 2. The molecule has 1 fully saturated rings. The van der Waals surface area contributed by atoms with Gasteiger partial charge in [-0.25, -0.2) is 9.78 Å². The highest BCUT2D eigenvalue weighted by Crippen LogP contribution is 2.23. The summed E-state index contributed by atoms with van der Waals surface area (Å²) in [7, 11) is 0. The molecule has 1 atom stereocenters. The van der Waals surface area contributed by atoms with Gasteiger partial charge < -0.3 is 14.2 Å². The summed E-state index contributed by atoms with van der Waals surface area (Å²) in [6.07, 6.45) is 3.44.